The molecular formula is C27H30F4N4O7S. The molecule has 0 unspecified atom stereocenters. The van der Waals surface area contributed by atoms with Crippen molar-refractivity contribution < 1.29 is 49.8 Å². The van der Waals surface area contributed by atoms with Crippen molar-refractivity contribution in [3.05, 3.63) is 59.2 Å². The van der Waals surface area contributed by atoms with Crippen molar-refractivity contribution in [2.24, 2.45) is 0 Å². The molecule has 0 aliphatic carbocycles. The van der Waals surface area contributed by atoms with Crippen LogP contribution in [0, 0.1) is 23.3 Å². The molecule has 0 spiro atoms. The van der Waals surface area contributed by atoms with Crippen LogP contribution in [-0.4, -0.2) is 106 Å². The summed E-state index contributed by atoms with van der Waals surface area (Å²) in [6.45, 7) is 2.26. The Morgan fingerprint density at radius 2 is 1.51 bits per heavy atom. The maximum Gasteiger partial charge on any atom is 0.344 e. The third kappa shape index (κ3) is 8.28. The number of esters is 2. The zero-order chi connectivity index (χ0) is 31.3. The standard InChI is InChI=1S/C27H30F4N4O7S/c1-33-8-10-34(11-9-33)15-24(36)41-16-25(37)42-19-4-6-35(7-5-19)43(39,40)23-12-17(2-3-20(23)28)27(38)32-18-13-21(29)26(31)22(30)14-18/h2-3,12-14,19H,4-11,15-16H2,1H3,(H,32,38). The number of carbonyl (C=O) groups excluding carboxylic acids is 3. The lowest BCUT2D eigenvalue weighted by molar-refractivity contribution is -0.164. The number of piperazine rings is 1. The fraction of sp³-hybridized carbons (Fsp3) is 0.444. The minimum absolute atomic E-state index is 0.0557. The Kier molecular flexibility index (Phi) is 10.4. The van der Waals surface area contributed by atoms with Gasteiger partial charge in [-0.1, -0.05) is 0 Å². The van der Waals surface area contributed by atoms with Crippen LogP contribution in [-0.2, 0) is 29.1 Å². The number of ether oxygens (including phenoxy) is 2. The molecule has 0 bridgehead atoms. The van der Waals surface area contributed by atoms with Gasteiger partial charge < -0.3 is 19.7 Å². The molecule has 2 aromatic carbocycles. The van der Waals surface area contributed by atoms with E-state index in [9.17, 15) is 40.4 Å². The van der Waals surface area contributed by atoms with Crippen molar-refractivity contribution >= 4 is 33.6 Å². The zero-order valence-electron chi connectivity index (χ0n) is 23.2. The number of nitrogens with zero attached hydrogens (tertiary/aromatic N) is 3. The smallest absolute Gasteiger partial charge is 0.344 e. The minimum Gasteiger partial charge on any atom is -0.460 e. The number of sulfonamides is 1. The van der Waals surface area contributed by atoms with Crippen LogP contribution in [0.2, 0.25) is 0 Å². The molecular weight excluding hydrogens is 600 g/mol. The highest BCUT2D eigenvalue weighted by atomic mass is 32.2. The highest BCUT2D eigenvalue weighted by Gasteiger charge is 2.33. The fourth-order valence-corrected chi connectivity index (χ4v) is 6.16. The highest BCUT2D eigenvalue weighted by molar-refractivity contribution is 7.89. The van der Waals surface area contributed by atoms with Gasteiger partial charge in [-0.05, 0) is 38.1 Å². The number of benzene rings is 2. The van der Waals surface area contributed by atoms with Crippen LogP contribution in [0.3, 0.4) is 0 Å². The van der Waals surface area contributed by atoms with Gasteiger partial charge >= 0.3 is 11.9 Å². The first kappa shape index (κ1) is 32.3. The van der Waals surface area contributed by atoms with Crippen molar-refractivity contribution in [3.63, 3.8) is 0 Å². The van der Waals surface area contributed by atoms with Crippen LogP contribution >= 0.6 is 0 Å². The summed E-state index contributed by atoms with van der Waals surface area (Å²) in [7, 11) is -2.46. The molecule has 2 heterocycles. The lowest BCUT2D eigenvalue weighted by Crippen LogP contribution is -2.46. The Hall–Kier alpha value is -3.60. The number of carbonyl (C=O) groups is 3. The van der Waals surface area contributed by atoms with Gasteiger partial charge in [0.05, 0.1) is 6.54 Å². The molecule has 0 saturated carbocycles. The van der Waals surface area contributed by atoms with Crippen molar-refractivity contribution in [2.45, 2.75) is 23.8 Å². The second-order valence-electron chi connectivity index (χ2n) is 10.2. The Balaban J connectivity index is 1.29. The van der Waals surface area contributed by atoms with Gasteiger partial charge in [0.2, 0.25) is 10.0 Å². The van der Waals surface area contributed by atoms with Gasteiger partial charge in [-0.15, -0.1) is 0 Å². The van der Waals surface area contributed by atoms with Gasteiger partial charge in [-0.25, -0.2) is 30.8 Å². The number of rotatable bonds is 9. The topological polar surface area (TPSA) is 126 Å². The summed E-state index contributed by atoms with van der Waals surface area (Å²) in [6.07, 6.45) is -0.485. The van der Waals surface area contributed by atoms with E-state index in [1.54, 1.807) is 0 Å². The van der Waals surface area contributed by atoms with Gasteiger partial charge in [0, 0.05) is 62.7 Å². The van der Waals surface area contributed by atoms with Crippen LogP contribution < -0.4 is 5.32 Å². The van der Waals surface area contributed by atoms with Crippen LogP contribution in [0.25, 0.3) is 0 Å². The molecule has 0 radical (unpaired) electrons. The number of hydrogen-bond donors (Lipinski definition) is 1. The van der Waals surface area contributed by atoms with Gasteiger partial charge in [-0.3, -0.25) is 14.5 Å². The number of halogens is 4. The number of nitrogens with one attached hydrogen (secondary N) is 1. The molecule has 2 aliphatic rings. The first-order chi connectivity index (χ1) is 20.3. The number of amides is 1. The van der Waals surface area contributed by atoms with E-state index in [1.165, 1.54) is 0 Å². The molecule has 4 rings (SSSR count). The third-order valence-corrected chi connectivity index (χ3v) is 8.97. The molecule has 1 amide bonds. The van der Waals surface area contributed by atoms with Crippen molar-refractivity contribution in [2.75, 3.05) is 64.8 Å². The molecule has 0 aromatic heterocycles. The lowest BCUT2D eigenvalue weighted by Gasteiger charge is -2.31. The maximum absolute atomic E-state index is 14.6. The monoisotopic (exact) mass is 630 g/mol. The van der Waals surface area contributed by atoms with E-state index in [4.69, 9.17) is 9.47 Å². The average molecular weight is 631 g/mol. The van der Waals surface area contributed by atoms with Gasteiger partial charge in [-0.2, -0.15) is 4.31 Å². The highest BCUT2D eigenvalue weighted by Crippen LogP contribution is 2.26. The molecule has 234 valence electrons. The average Bonchev–Trinajstić information content (AvgIpc) is 2.96. The summed E-state index contributed by atoms with van der Waals surface area (Å²) in [5.74, 6) is -8.31. The lowest BCUT2D eigenvalue weighted by atomic mass is 10.1. The Bertz CT molecular complexity index is 1450. The molecule has 11 nitrogen and oxygen atoms in total. The molecule has 2 aromatic rings. The number of hydrogen-bond acceptors (Lipinski definition) is 9. The number of anilines is 1. The Morgan fingerprint density at radius 1 is 0.884 bits per heavy atom. The van der Waals surface area contributed by atoms with Crippen molar-refractivity contribution in [1.29, 1.82) is 0 Å². The van der Waals surface area contributed by atoms with Crippen LogP contribution in [0.1, 0.15) is 23.2 Å². The summed E-state index contributed by atoms with van der Waals surface area (Å²) in [6, 6.07) is 3.58. The quantitative estimate of drug-likeness (QED) is 0.252. The zero-order valence-corrected chi connectivity index (χ0v) is 24.0. The fourth-order valence-electron chi connectivity index (χ4n) is 4.60. The maximum atomic E-state index is 14.6. The first-order valence-corrected chi connectivity index (χ1v) is 14.8. The van der Waals surface area contributed by atoms with Crippen molar-refractivity contribution in [3.8, 4) is 0 Å². The SMILES string of the molecule is CN1CCN(CC(=O)OCC(=O)OC2CCN(S(=O)(=O)c3cc(C(=O)Nc4cc(F)c(F)c(F)c4)ccc3F)CC2)CC1. The van der Waals surface area contributed by atoms with Gasteiger partial charge in [0.25, 0.3) is 5.91 Å². The molecule has 1 N–H and O–H groups in total. The van der Waals surface area contributed by atoms with E-state index < -0.39 is 74.4 Å². The van der Waals surface area contributed by atoms with E-state index in [0.717, 1.165) is 35.6 Å². The van der Waals surface area contributed by atoms with Crippen LogP contribution in [0.15, 0.2) is 35.2 Å². The minimum atomic E-state index is -4.44. The first-order valence-electron chi connectivity index (χ1n) is 13.3. The van der Waals surface area contributed by atoms with Crippen molar-refractivity contribution in [1.82, 2.24) is 14.1 Å². The molecule has 2 aliphatic heterocycles. The third-order valence-electron chi connectivity index (χ3n) is 7.05. The summed E-state index contributed by atoms with van der Waals surface area (Å²) in [5.41, 5.74) is -0.771. The molecule has 2 saturated heterocycles. The van der Waals surface area contributed by atoms with Gasteiger partial charge in [0.15, 0.2) is 24.1 Å². The van der Waals surface area contributed by atoms with E-state index in [1.807, 2.05) is 11.9 Å². The molecule has 0 atom stereocenters. The predicted molar refractivity (Wildman–Crippen MR) is 143 cm³/mol. The van der Waals surface area contributed by atoms with E-state index in [2.05, 4.69) is 10.2 Å². The molecule has 43 heavy (non-hydrogen) atoms. The second-order valence-corrected chi connectivity index (χ2v) is 12.1. The largest absolute Gasteiger partial charge is 0.460 e. The van der Waals surface area contributed by atoms with E-state index >= 15 is 0 Å². The van der Waals surface area contributed by atoms with Gasteiger partial charge in [0.1, 0.15) is 16.8 Å². The normalized spacial score (nSPS) is 17.4. The van der Waals surface area contributed by atoms with E-state index in [-0.39, 0.29) is 38.0 Å². The summed E-state index contributed by atoms with van der Waals surface area (Å²) in [4.78, 5) is 40.0. The van der Waals surface area contributed by atoms with Crippen LogP contribution in [0.5, 0.6) is 0 Å². The van der Waals surface area contributed by atoms with E-state index in [0.29, 0.717) is 25.2 Å². The predicted octanol–water partition coefficient (Wildman–Crippen LogP) is 1.98. The number of piperidine rings is 1. The Morgan fingerprint density at radius 3 is 2.14 bits per heavy atom. The molecule has 2 fully saturated rings. The second kappa shape index (κ2) is 13.8. The summed E-state index contributed by atoms with van der Waals surface area (Å²) in [5, 5.41) is 2.11. The molecule has 16 heteroatoms. The Labute approximate surface area is 245 Å². The summed E-state index contributed by atoms with van der Waals surface area (Å²) >= 11 is 0. The summed E-state index contributed by atoms with van der Waals surface area (Å²) < 4.78 is 92.4. The number of likely N-dealkylation sites (N-methyl/N-ethyl adjacent to an activating group) is 1. The van der Waals surface area contributed by atoms with Crippen LogP contribution in [0.4, 0.5) is 23.2 Å².